The number of aliphatic hydroxyl groups excluding tert-OH is 5. The van der Waals surface area contributed by atoms with Gasteiger partial charge in [-0.3, -0.25) is 18.6 Å². The van der Waals surface area contributed by atoms with Crippen molar-refractivity contribution in [1.82, 2.24) is 0 Å². The third-order valence-corrected chi connectivity index (χ3v) is 10.4. The molecule has 0 aliphatic carbocycles. The second-order valence-electron chi connectivity index (χ2n) is 14.9. The van der Waals surface area contributed by atoms with E-state index in [0.29, 0.717) is 32.1 Å². The molecule has 1 rings (SSSR count). The number of phosphoric acid groups is 1. The number of carbonyl (C=O) groups is 2. The van der Waals surface area contributed by atoms with E-state index in [2.05, 4.69) is 54.8 Å². The lowest BCUT2D eigenvalue weighted by molar-refractivity contribution is -0.199. The predicted octanol–water partition coefficient (Wildman–Crippen LogP) is 7.22. The Balaban J connectivity index is 2.55. The molecule has 14 nitrogen and oxygen atoms in total. The van der Waals surface area contributed by atoms with E-state index in [4.69, 9.17) is 23.8 Å². The van der Waals surface area contributed by atoms with Crippen LogP contribution in [-0.2, 0) is 37.4 Å². The van der Waals surface area contributed by atoms with E-state index < -0.39 is 83.0 Å². The van der Waals surface area contributed by atoms with Crippen LogP contribution in [-0.4, -0.2) is 106 Å². The minimum atomic E-state index is -4.70. The number of ether oxygens (including phenoxy) is 3. The van der Waals surface area contributed by atoms with Crippen molar-refractivity contribution in [2.45, 2.75) is 173 Å². The molecule has 340 valence electrons. The van der Waals surface area contributed by atoms with Crippen molar-refractivity contribution in [2.75, 3.05) is 26.4 Å². The highest BCUT2D eigenvalue weighted by Gasteiger charge is 2.35. The van der Waals surface area contributed by atoms with Crippen molar-refractivity contribution in [3.8, 4) is 0 Å². The van der Waals surface area contributed by atoms with Gasteiger partial charge in [0.15, 0.2) is 12.4 Å². The molecule has 15 heteroatoms. The summed E-state index contributed by atoms with van der Waals surface area (Å²) >= 11 is 0. The van der Waals surface area contributed by atoms with Gasteiger partial charge in [0.05, 0.1) is 38.1 Å². The quantitative estimate of drug-likeness (QED) is 0.0161. The Kier molecular flexibility index (Phi) is 32.5. The van der Waals surface area contributed by atoms with Crippen LogP contribution in [0.1, 0.15) is 136 Å². The maximum Gasteiger partial charge on any atom is 0.472 e. The molecule has 1 heterocycles. The van der Waals surface area contributed by atoms with Crippen molar-refractivity contribution in [3.05, 3.63) is 60.8 Å². The maximum absolute atomic E-state index is 12.6. The second kappa shape index (κ2) is 35.1. The normalized spacial score (nSPS) is 21.5. The van der Waals surface area contributed by atoms with Crippen LogP contribution < -0.4 is 0 Å². The third-order valence-electron chi connectivity index (χ3n) is 9.44. The zero-order valence-electron chi connectivity index (χ0n) is 35.5. The van der Waals surface area contributed by atoms with E-state index >= 15 is 0 Å². The number of hydrogen-bond donors (Lipinski definition) is 6. The lowest BCUT2D eigenvalue weighted by atomic mass is 9.87. The molecule has 0 saturated carbocycles. The van der Waals surface area contributed by atoms with Crippen LogP contribution in [0.4, 0.5) is 0 Å². The third kappa shape index (κ3) is 30.2. The summed E-state index contributed by atoms with van der Waals surface area (Å²) in [6.45, 7) is 1.87. The van der Waals surface area contributed by atoms with Crippen molar-refractivity contribution in [3.63, 3.8) is 0 Å². The van der Waals surface area contributed by atoms with Crippen LogP contribution in [0, 0.1) is 5.92 Å². The largest absolute Gasteiger partial charge is 0.472 e. The molecule has 59 heavy (non-hydrogen) atoms. The Hall–Kier alpha value is -2.49. The SMILES string of the molecule is CCCCC/C=C\C/C=C\C/C=C\CCCCC(=O)O[C@H](COC(=O)CCC/C=C\C[C@H]1[C@@H](O)CC(O)O[C@@H]1/C=C/[C@@H](O)CCCCC)COP(=O)(O)OC[C@@H](O)CO. The molecule has 0 spiro atoms. The minimum absolute atomic E-state index is 0.0363. The highest BCUT2D eigenvalue weighted by molar-refractivity contribution is 7.47. The summed E-state index contributed by atoms with van der Waals surface area (Å²) in [4.78, 5) is 35.2. The number of carbonyl (C=O) groups excluding carboxylic acids is 2. The van der Waals surface area contributed by atoms with Gasteiger partial charge in [-0.05, 0) is 70.6 Å². The summed E-state index contributed by atoms with van der Waals surface area (Å²) < 4.78 is 38.3. The van der Waals surface area contributed by atoms with Crippen LogP contribution >= 0.6 is 7.82 Å². The van der Waals surface area contributed by atoms with Crippen LogP contribution in [0.5, 0.6) is 0 Å². The molecule has 1 aliphatic heterocycles. The first-order valence-electron chi connectivity index (χ1n) is 21.6. The Morgan fingerprint density at radius 1 is 0.763 bits per heavy atom. The summed E-state index contributed by atoms with van der Waals surface area (Å²) in [6.07, 6.45) is 28.1. The number of allylic oxidation sites excluding steroid dienone is 8. The van der Waals surface area contributed by atoms with E-state index in [1.165, 1.54) is 19.3 Å². The van der Waals surface area contributed by atoms with Gasteiger partial charge in [0.1, 0.15) is 12.7 Å². The molecule has 1 saturated heterocycles. The fourth-order valence-corrected chi connectivity index (χ4v) is 6.77. The van der Waals surface area contributed by atoms with Crippen molar-refractivity contribution < 1.29 is 67.8 Å². The zero-order chi connectivity index (χ0) is 43.6. The monoisotopic (exact) mass is 858 g/mol. The van der Waals surface area contributed by atoms with Gasteiger partial charge in [0.2, 0.25) is 0 Å². The van der Waals surface area contributed by atoms with E-state index in [0.717, 1.165) is 51.4 Å². The summed E-state index contributed by atoms with van der Waals surface area (Å²) in [5, 5.41) is 49.3. The Labute approximate surface area is 352 Å². The second-order valence-corrected chi connectivity index (χ2v) is 16.3. The molecule has 6 N–H and O–H groups in total. The standard InChI is InChI=1S/C44H75O14P/c1-3-5-7-8-9-10-11-12-13-14-15-16-17-18-24-28-43(50)57-38(35-56-59(52,53)55-33-37(47)32-45)34-54-42(49)27-23-20-19-22-26-39-40(48)31-44(51)58-41(39)30-29-36(46)25-21-6-4-2/h9-10,12-13,15-16,19,22,29-30,36-41,44-48,51H,3-8,11,14,17-18,20-21,23-28,31-35H2,1-2H3,(H,52,53)/b10-9-,13-12-,16-15-,22-19-,30-29+/t36-,37-,38+,39-,40-,41+,44?/m0/s1. The van der Waals surface area contributed by atoms with Gasteiger partial charge in [0, 0.05) is 25.2 Å². The van der Waals surface area contributed by atoms with Crippen molar-refractivity contribution in [1.29, 1.82) is 0 Å². The number of unbranched alkanes of at least 4 members (excludes halogenated alkanes) is 8. The van der Waals surface area contributed by atoms with E-state index in [-0.39, 0.29) is 25.2 Å². The number of hydrogen-bond acceptors (Lipinski definition) is 13. The fourth-order valence-electron chi connectivity index (χ4n) is 5.98. The number of aliphatic hydroxyl groups is 5. The summed E-state index contributed by atoms with van der Waals surface area (Å²) in [5.74, 6) is -1.50. The van der Waals surface area contributed by atoms with Crippen LogP contribution in [0.15, 0.2) is 60.8 Å². The van der Waals surface area contributed by atoms with Gasteiger partial charge in [-0.25, -0.2) is 4.57 Å². The first kappa shape index (κ1) is 54.5. The number of esters is 2. The van der Waals surface area contributed by atoms with E-state index in [1.807, 2.05) is 12.2 Å². The summed E-state index contributed by atoms with van der Waals surface area (Å²) in [6, 6.07) is 0. The van der Waals surface area contributed by atoms with Gasteiger partial charge in [-0.1, -0.05) is 107 Å². The van der Waals surface area contributed by atoms with Gasteiger partial charge in [0.25, 0.3) is 0 Å². The van der Waals surface area contributed by atoms with Crippen LogP contribution in [0.2, 0.25) is 0 Å². The Bertz CT molecular complexity index is 1280. The lowest BCUT2D eigenvalue weighted by Gasteiger charge is -2.36. The highest BCUT2D eigenvalue weighted by atomic mass is 31.2. The Morgan fingerprint density at radius 3 is 2.03 bits per heavy atom. The van der Waals surface area contributed by atoms with Crippen LogP contribution in [0.25, 0.3) is 0 Å². The van der Waals surface area contributed by atoms with Crippen LogP contribution in [0.3, 0.4) is 0 Å². The van der Waals surface area contributed by atoms with E-state index in [1.54, 1.807) is 12.2 Å². The topological polar surface area (TPSA) is 219 Å². The number of rotatable bonds is 35. The van der Waals surface area contributed by atoms with Crippen molar-refractivity contribution >= 4 is 19.8 Å². The molecule has 0 amide bonds. The smallest absolute Gasteiger partial charge is 0.462 e. The molecule has 0 bridgehead atoms. The minimum Gasteiger partial charge on any atom is -0.462 e. The fraction of sp³-hybridized carbons (Fsp3) is 0.727. The highest BCUT2D eigenvalue weighted by Crippen LogP contribution is 2.43. The van der Waals surface area contributed by atoms with E-state index in [9.17, 15) is 39.5 Å². The summed E-state index contributed by atoms with van der Waals surface area (Å²) in [5.41, 5.74) is 0. The Morgan fingerprint density at radius 2 is 1.36 bits per heavy atom. The molecule has 0 aromatic carbocycles. The average Bonchev–Trinajstić information content (AvgIpc) is 3.20. The number of phosphoric ester groups is 1. The molecular weight excluding hydrogens is 783 g/mol. The van der Waals surface area contributed by atoms with Gasteiger partial charge < -0.3 is 44.6 Å². The molecule has 2 unspecified atom stereocenters. The first-order valence-corrected chi connectivity index (χ1v) is 23.1. The molecular formula is C44H75O14P. The molecule has 0 radical (unpaired) electrons. The van der Waals surface area contributed by atoms with Crippen molar-refractivity contribution in [2.24, 2.45) is 5.92 Å². The maximum atomic E-state index is 12.6. The first-order chi connectivity index (χ1) is 28.4. The molecule has 0 aromatic rings. The van der Waals surface area contributed by atoms with Gasteiger partial charge >= 0.3 is 19.8 Å². The summed E-state index contributed by atoms with van der Waals surface area (Å²) in [7, 11) is -4.70. The van der Waals surface area contributed by atoms with Gasteiger partial charge in [-0.2, -0.15) is 0 Å². The molecule has 1 aliphatic rings. The zero-order valence-corrected chi connectivity index (χ0v) is 36.4. The molecule has 1 fully saturated rings. The average molecular weight is 859 g/mol. The molecule has 8 atom stereocenters. The molecule has 0 aromatic heterocycles. The predicted molar refractivity (Wildman–Crippen MR) is 227 cm³/mol. The lowest BCUT2D eigenvalue weighted by Crippen LogP contribution is -2.43. The van der Waals surface area contributed by atoms with Gasteiger partial charge in [-0.15, -0.1) is 0 Å².